The number of aromatic nitrogens is 2. The minimum atomic E-state index is -4.83. The second-order valence-corrected chi connectivity index (χ2v) is 6.08. The average Bonchev–Trinajstić information content (AvgIpc) is 2.97. The van der Waals surface area contributed by atoms with Crippen molar-refractivity contribution in [1.29, 1.82) is 0 Å². The number of amides is 1. The Labute approximate surface area is 135 Å². The zero-order valence-electron chi connectivity index (χ0n) is 11.0. The zero-order valence-corrected chi connectivity index (χ0v) is 12.7. The fourth-order valence-electron chi connectivity index (χ4n) is 1.53. The number of hydrogen-bond acceptors (Lipinski definition) is 7. The van der Waals surface area contributed by atoms with Crippen molar-refractivity contribution in [1.82, 2.24) is 10.2 Å². The highest BCUT2D eigenvalue weighted by Crippen LogP contribution is 2.37. The second-order valence-electron chi connectivity index (χ2n) is 4.03. The Balaban J connectivity index is 2.14. The van der Waals surface area contributed by atoms with Gasteiger partial charge in [-0.2, -0.15) is 13.2 Å². The fourth-order valence-corrected chi connectivity index (χ4v) is 2.82. The smallest absolute Gasteiger partial charge is 0.325 e. The lowest BCUT2D eigenvalue weighted by Crippen LogP contribution is -2.18. The van der Waals surface area contributed by atoms with Gasteiger partial charge in [0.25, 0.3) is 5.69 Å². The van der Waals surface area contributed by atoms with Crippen LogP contribution in [0.1, 0.15) is 5.56 Å². The summed E-state index contributed by atoms with van der Waals surface area (Å²) in [6.45, 7) is 0. The van der Waals surface area contributed by atoms with E-state index >= 15 is 0 Å². The summed E-state index contributed by atoms with van der Waals surface area (Å²) in [6, 6.07) is 2.13. The maximum atomic E-state index is 13.0. The summed E-state index contributed by atoms with van der Waals surface area (Å²) in [6.07, 6.45) is -4.83. The molecule has 0 saturated carbocycles. The van der Waals surface area contributed by atoms with Crippen molar-refractivity contribution in [3.63, 3.8) is 0 Å². The number of anilines is 1. The van der Waals surface area contributed by atoms with Crippen LogP contribution in [-0.4, -0.2) is 26.8 Å². The molecule has 7 nitrogen and oxygen atoms in total. The SMILES string of the molecule is O=C(CSc1nncs1)Nc1ccc([N+](=O)[O-])cc1C(F)(F)F. The summed E-state index contributed by atoms with van der Waals surface area (Å²) in [4.78, 5) is 21.4. The summed E-state index contributed by atoms with van der Waals surface area (Å²) in [5.41, 5.74) is -1.07. The number of nitrogens with zero attached hydrogens (tertiary/aromatic N) is 3. The third-order valence-corrected chi connectivity index (χ3v) is 4.32. The molecule has 0 aliphatic heterocycles. The van der Waals surface area contributed by atoms with E-state index in [2.05, 4.69) is 15.5 Å². The topological polar surface area (TPSA) is 98.0 Å². The number of non-ortho nitro benzene ring substituents is 1. The Morgan fingerprint density at radius 3 is 2.74 bits per heavy atom. The molecule has 0 spiro atoms. The van der Waals surface area contributed by atoms with Crippen LogP contribution in [0.25, 0.3) is 0 Å². The fraction of sp³-hybridized carbons (Fsp3) is 0.182. The Morgan fingerprint density at radius 2 is 2.17 bits per heavy atom. The van der Waals surface area contributed by atoms with Crippen molar-refractivity contribution in [2.24, 2.45) is 0 Å². The molecule has 0 atom stereocenters. The normalized spacial score (nSPS) is 11.3. The maximum Gasteiger partial charge on any atom is 0.418 e. The van der Waals surface area contributed by atoms with Crippen LogP contribution in [0.5, 0.6) is 0 Å². The van der Waals surface area contributed by atoms with Crippen LogP contribution in [0.3, 0.4) is 0 Å². The van der Waals surface area contributed by atoms with Crippen molar-refractivity contribution < 1.29 is 22.9 Å². The van der Waals surface area contributed by atoms with Crippen LogP contribution in [0.4, 0.5) is 24.5 Å². The molecule has 0 aliphatic rings. The van der Waals surface area contributed by atoms with Gasteiger partial charge in [-0.15, -0.1) is 10.2 Å². The number of carbonyl (C=O) groups excluding carboxylic acids is 1. The number of benzene rings is 1. The first-order valence-electron chi connectivity index (χ1n) is 5.82. The van der Waals surface area contributed by atoms with Crippen LogP contribution in [0.2, 0.25) is 0 Å². The molecule has 12 heteroatoms. The molecule has 1 aromatic heterocycles. The number of nitrogens with one attached hydrogen (secondary N) is 1. The van der Waals surface area contributed by atoms with Gasteiger partial charge in [0.2, 0.25) is 5.91 Å². The van der Waals surface area contributed by atoms with Crippen molar-refractivity contribution in [3.8, 4) is 0 Å². The van der Waals surface area contributed by atoms with E-state index < -0.39 is 33.9 Å². The van der Waals surface area contributed by atoms with Gasteiger partial charge in [-0.1, -0.05) is 23.1 Å². The van der Waals surface area contributed by atoms with Crippen molar-refractivity contribution in [2.75, 3.05) is 11.1 Å². The monoisotopic (exact) mass is 364 g/mol. The van der Waals surface area contributed by atoms with Gasteiger partial charge in [-0.3, -0.25) is 14.9 Å². The molecule has 1 heterocycles. The highest BCUT2D eigenvalue weighted by molar-refractivity contribution is 8.01. The molecule has 0 unspecified atom stereocenters. The number of carbonyl (C=O) groups is 1. The molecule has 122 valence electrons. The molecule has 1 amide bonds. The Hall–Kier alpha value is -2.21. The highest BCUT2D eigenvalue weighted by atomic mass is 32.2. The zero-order chi connectivity index (χ0) is 17.0. The van der Waals surface area contributed by atoms with Crippen molar-refractivity contribution >= 4 is 40.4 Å². The number of alkyl halides is 3. The summed E-state index contributed by atoms with van der Waals surface area (Å²) in [7, 11) is 0. The van der Waals surface area contributed by atoms with E-state index in [1.54, 1.807) is 0 Å². The minimum Gasteiger partial charge on any atom is -0.325 e. The van der Waals surface area contributed by atoms with E-state index in [1.807, 2.05) is 0 Å². The third-order valence-electron chi connectivity index (χ3n) is 2.46. The van der Waals surface area contributed by atoms with E-state index in [1.165, 1.54) is 16.8 Å². The van der Waals surface area contributed by atoms with Crippen LogP contribution in [0.15, 0.2) is 28.0 Å². The first-order chi connectivity index (χ1) is 10.8. The molecule has 2 rings (SSSR count). The highest BCUT2D eigenvalue weighted by Gasteiger charge is 2.35. The number of halogens is 3. The number of nitro benzene ring substituents is 1. The van der Waals surface area contributed by atoms with Crippen LogP contribution < -0.4 is 5.32 Å². The lowest BCUT2D eigenvalue weighted by atomic mass is 10.1. The quantitative estimate of drug-likeness (QED) is 0.497. The lowest BCUT2D eigenvalue weighted by Gasteiger charge is -2.13. The van der Waals surface area contributed by atoms with Crippen LogP contribution in [0, 0.1) is 10.1 Å². The summed E-state index contributed by atoms with van der Waals surface area (Å²) in [5, 5.41) is 19.9. The Kier molecular flexibility index (Phi) is 5.15. The van der Waals surface area contributed by atoms with Crippen LogP contribution in [-0.2, 0) is 11.0 Å². The lowest BCUT2D eigenvalue weighted by molar-refractivity contribution is -0.385. The van der Waals surface area contributed by atoms with Gasteiger partial charge in [-0.05, 0) is 6.07 Å². The molecule has 0 bridgehead atoms. The van der Waals surface area contributed by atoms with E-state index in [0.717, 1.165) is 23.9 Å². The Morgan fingerprint density at radius 1 is 1.43 bits per heavy atom. The molecule has 2 aromatic rings. The average molecular weight is 364 g/mol. The third kappa shape index (κ3) is 4.63. The molecule has 23 heavy (non-hydrogen) atoms. The van der Waals surface area contributed by atoms with Gasteiger partial charge in [0.05, 0.1) is 21.9 Å². The largest absolute Gasteiger partial charge is 0.418 e. The predicted octanol–water partition coefficient (Wildman–Crippen LogP) is 3.20. The van der Waals surface area contributed by atoms with Gasteiger partial charge in [0, 0.05) is 12.1 Å². The van der Waals surface area contributed by atoms with Gasteiger partial charge < -0.3 is 5.32 Å². The number of rotatable bonds is 5. The molecule has 0 fully saturated rings. The molecule has 1 N–H and O–H groups in total. The van der Waals surface area contributed by atoms with E-state index in [-0.39, 0.29) is 5.75 Å². The molecule has 0 aliphatic carbocycles. The molecular weight excluding hydrogens is 357 g/mol. The number of thioether (sulfide) groups is 1. The van der Waals surface area contributed by atoms with Crippen LogP contribution >= 0.6 is 23.1 Å². The Bertz CT molecular complexity index is 722. The predicted molar refractivity (Wildman–Crippen MR) is 77.4 cm³/mol. The summed E-state index contributed by atoms with van der Waals surface area (Å²) < 4.78 is 39.4. The number of nitro groups is 1. The van der Waals surface area contributed by atoms with Crippen molar-refractivity contribution in [2.45, 2.75) is 10.5 Å². The van der Waals surface area contributed by atoms with E-state index in [9.17, 15) is 28.1 Å². The van der Waals surface area contributed by atoms with Gasteiger partial charge in [0.15, 0.2) is 4.34 Å². The van der Waals surface area contributed by atoms with Gasteiger partial charge in [-0.25, -0.2) is 0 Å². The first kappa shape index (κ1) is 17.1. The van der Waals surface area contributed by atoms with Gasteiger partial charge in [0.1, 0.15) is 5.51 Å². The second kappa shape index (κ2) is 6.91. The summed E-state index contributed by atoms with van der Waals surface area (Å²) in [5.74, 6) is -0.853. The molecule has 0 radical (unpaired) electrons. The first-order valence-corrected chi connectivity index (χ1v) is 7.68. The minimum absolute atomic E-state index is 0.163. The van der Waals surface area contributed by atoms with Crippen molar-refractivity contribution in [3.05, 3.63) is 39.4 Å². The molecule has 1 aromatic carbocycles. The maximum absolute atomic E-state index is 13.0. The van der Waals surface area contributed by atoms with E-state index in [4.69, 9.17) is 0 Å². The van der Waals surface area contributed by atoms with E-state index in [0.29, 0.717) is 10.4 Å². The van der Waals surface area contributed by atoms with Gasteiger partial charge >= 0.3 is 6.18 Å². The molecule has 0 saturated heterocycles. The standard InChI is InChI=1S/C11H7F3N4O3S2/c12-11(13,14)7-3-6(18(20)21)1-2-8(7)16-9(19)4-22-10-17-15-5-23-10/h1-3,5H,4H2,(H,16,19). The number of hydrogen-bond donors (Lipinski definition) is 1. The summed E-state index contributed by atoms with van der Waals surface area (Å²) >= 11 is 2.21. The molecular formula is C11H7F3N4O3S2.